The summed E-state index contributed by atoms with van der Waals surface area (Å²) in [6.07, 6.45) is 0. The van der Waals surface area contributed by atoms with Crippen molar-refractivity contribution in [2.45, 2.75) is 0 Å². The number of rotatable bonds is 3. The van der Waals surface area contributed by atoms with Gasteiger partial charge >= 0.3 is 0 Å². The first-order valence-electron chi connectivity index (χ1n) is 7.10. The Hall–Kier alpha value is -3.75. The van der Waals surface area contributed by atoms with Crippen LogP contribution in [0.1, 0.15) is 10.4 Å². The minimum atomic E-state index is -0.806. The number of nitrogens with zero attached hydrogens (tertiary/aromatic N) is 4. The summed E-state index contributed by atoms with van der Waals surface area (Å²) in [7, 11) is 1.55. The number of non-ortho nitro benzene ring substituents is 1. The summed E-state index contributed by atoms with van der Waals surface area (Å²) in [6, 6.07) is 9.84. The van der Waals surface area contributed by atoms with Gasteiger partial charge in [-0.2, -0.15) is 0 Å². The number of nitro groups is 1. The minimum absolute atomic E-state index is 0.0445. The fraction of sp³-hybridized carbons (Fsp3) is 0.0625. The molecule has 0 aliphatic carbocycles. The highest BCUT2D eigenvalue weighted by Crippen LogP contribution is 2.39. The molecule has 0 spiro atoms. The van der Waals surface area contributed by atoms with E-state index in [1.54, 1.807) is 19.2 Å². The Bertz CT molecular complexity index is 1040. The van der Waals surface area contributed by atoms with Crippen molar-refractivity contribution < 1.29 is 19.9 Å². The van der Waals surface area contributed by atoms with E-state index in [-0.39, 0.29) is 34.0 Å². The zero-order valence-corrected chi connectivity index (χ0v) is 12.9. The van der Waals surface area contributed by atoms with Crippen LogP contribution in [0.5, 0.6) is 11.6 Å². The Morgan fingerprint density at radius 1 is 1.20 bits per heavy atom. The Balaban J connectivity index is 2.07. The third-order valence-corrected chi connectivity index (χ3v) is 3.71. The highest BCUT2D eigenvalue weighted by Gasteiger charge is 2.18. The molecule has 0 saturated heterocycles. The second-order valence-electron chi connectivity index (χ2n) is 5.21. The predicted octanol–water partition coefficient (Wildman–Crippen LogP) is 3.42. The number of aromatic nitrogens is 1. The van der Waals surface area contributed by atoms with Gasteiger partial charge in [0.25, 0.3) is 11.6 Å². The van der Waals surface area contributed by atoms with Gasteiger partial charge < -0.3 is 14.8 Å². The highest BCUT2D eigenvalue weighted by atomic mass is 16.6. The van der Waals surface area contributed by atoms with Crippen molar-refractivity contribution in [3.8, 4) is 11.6 Å². The van der Waals surface area contributed by atoms with Crippen molar-refractivity contribution in [3.05, 3.63) is 58.1 Å². The molecule has 9 nitrogen and oxygen atoms in total. The van der Waals surface area contributed by atoms with Gasteiger partial charge in [-0.25, -0.2) is 0 Å². The van der Waals surface area contributed by atoms with Gasteiger partial charge in [-0.05, 0) is 18.2 Å². The average molecular weight is 340 g/mol. The zero-order chi connectivity index (χ0) is 18.1. The van der Waals surface area contributed by atoms with Crippen molar-refractivity contribution in [1.82, 2.24) is 4.57 Å². The van der Waals surface area contributed by atoms with E-state index >= 15 is 0 Å². The number of hydrogen-bond acceptors (Lipinski definition) is 6. The standard InChI is InChI=1S/C16H12N4O5/c1-19-12-7-6-9(20(24)25)8-11(12)14(16(19)23)17-18-15(22)10-4-2-3-5-13(10)21/h2-8,21,23H,1H3. The lowest BCUT2D eigenvalue weighted by Gasteiger charge is -1.97. The fourth-order valence-corrected chi connectivity index (χ4v) is 2.42. The molecule has 25 heavy (non-hydrogen) atoms. The van der Waals surface area contributed by atoms with E-state index in [4.69, 9.17) is 0 Å². The number of hydrogen-bond donors (Lipinski definition) is 2. The fourth-order valence-electron chi connectivity index (χ4n) is 2.42. The highest BCUT2D eigenvalue weighted by molar-refractivity contribution is 5.99. The van der Waals surface area contributed by atoms with Gasteiger partial charge in [-0.1, -0.05) is 12.1 Å². The first-order valence-corrected chi connectivity index (χ1v) is 7.10. The molecule has 3 rings (SSSR count). The maximum atomic E-state index is 12.1. The minimum Gasteiger partial charge on any atom is -0.507 e. The van der Waals surface area contributed by atoms with Gasteiger partial charge in [0, 0.05) is 24.6 Å². The number of amides is 1. The second-order valence-corrected chi connectivity index (χ2v) is 5.21. The maximum Gasteiger partial charge on any atom is 0.299 e. The number of para-hydroxylation sites is 1. The molecular weight excluding hydrogens is 328 g/mol. The van der Waals surface area contributed by atoms with Gasteiger partial charge in [0.15, 0.2) is 5.69 Å². The topological polar surface area (TPSA) is 130 Å². The Morgan fingerprint density at radius 2 is 1.92 bits per heavy atom. The molecular formula is C16H12N4O5. The van der Waals surface area contributed by atoms with Crippen molar-refractivity contribution in [1.29, 1.82) is 0 Å². The van der Waals surface area contributed by atoms with Gasteiger partial charge in [0.05, 0.1) is 16.0 Å². The van der Waals surface area contributed by atoms with E-state index < -0.39 is 10.8 Å². The van der Waals surface area contributed by atoms with Gasteiger partial charge in [0.1, 0.15) is 5.75 Å². The van der Waals surface area contributed by atoms with Gasteiger partial charge in [0.2, 0.25) is 5.88 Å². The van der Waals surface area contributed by atoms with E-state index in [2.05, 4.69) is 10.2 Å². The lowest BCUT2D eigenvalue weighted by molar-refractivity contribution is -0.384. The first-order chi connectivity index (χ1) is 11.9. The molecule has 1 heterocycles. The normalized spacial score (nSPS) is 11.2. The lowest BCUT2D eigenvalue weighted by Crippen LogP contribution is -1.93. The maximum absolute atomic E-state index is 12.1. The number of phenols is 1. The number of carbonyl (C=O) groups is 1. The largest absolute Gasteiger partial charge is 0.507 e. The van der Waals surface area contributed by atoms with Crippen molar-refractivity contribution >= 4 is 28.2 Å². The summed E-state index contributed by atoms with van der Waals surface area (Å²) >= 11 is 0. The van der Waals surface area contributed by atoms with Crippen LogP contribution in [0.15, 0.2) is 52.7 Å². The molecule has 0 fully saturated rings. The summed E-state index contributed by atoms with van der Waals surface area (Å²) in [5.41, 5.74) is 0.204. The van der Waals surface area contributed by atoms with Crippen LogP contribution >= 0.6 is 0 Å². The number of phenolic OH excluding ortho intramolecular Hbond substituents is 1. The molecule has 0 saturated carbocycles. The zero-order valence-electron chi connectivity index (χ0n) is 12.9. The second kappa shape index (κ2) is 6.04. The van der Waals surface area contributed by atoms with Crippen LogP contribution < -0.4 is 0 Å². The molecule has 2 N–H and O–H groups in total. The first kappa shape index (κ1) is 16.1. The van der Waals surface area contributed by atoms with Crippen LogP contribution in [0, 0.1) is 10.1 Å². The lowest BCUT2D eigenvalue weighted by atomic mass is 10.2. The molecule has 126 valence electrons. The van der Waals surface area contributed by atoms with Crippen LogP contribution in [-0.4, -0.2) is 25.6 Å². The molecule has 3 aromatic rings. The van der Waals surface area contributed by atoms with E-state index in [9.17, 15) is 25.1 Å². The molecule has 0 aliphatic heterocycles. The number of fused-ring (bicyclic) bond motifs is 1. The summed E-state index contributed by atoms with van der Waals surface area (Å²) in [5, 5.41) is 38.3. The summed E-state index contributed by atoms with van der Waals surface area (Å²) in [5.74, 6) is -1.34. The molecule has 0 unspecified atom stereocenters. The molecule has 0 atom stereocenters. The molecule has 0 bridgehead atoms. The Kier molecular flexibility index (Phi) is 3.89. The van der Waals surface area contributed by atoms with Crippen LogP contribution in [-0.2, 0) is 7.05 Å². The molecule has 1 aromatic heterocycles. The van der Waals surface area contributed by atoms with Gasteiger partial charge in [-0.15, -0.1) is 10.2 Å². The van der Waals surface area contributed by atoms with E-state index in [1.165, 1.54) is 34.9 Å². The number of aromatic hydroxyl groups is 2. The SMILES string of the molecule is Cn1c(O)c(N=NC(=O)c2ccccc2O)c2cc([N+](=O)[O-])ccc21. The third-order valence-electron chi connectivity index (χ3n) is 3.71. The number of benzene rings is 2. The monoisotopic (exact) mass is 340 g/mol. The number of nitro benzene ring substituents is 1. The van der Waals surface area contributed by atoms with Gasteiger partial charge in [-0.3, -0.25) is 14.9 Å². The van der Waals surface area contributed by atoms with E-state index in [0.29, 0.717) is 5.52 Å². The van der Waals surface area contributed by atoms with Crippen LogP contribution in [0.4, 0.5) is 11.4 Å². The van der Waals surface area contributed by atoms with Crippen LogP contribution in [0.2, 0.25) is 0 Å². The number of carbonyl (C=O) groups excluding carboxylic acids is 1. The summed E-state index contributed by atoms with van der Waals surface area (Å²) in [4.78, 5) is 22.4. The van der Waals surface area contributed by atoms with Crippen molar-refractivity contribution in [2.75, 3.05) is 0 Å². The average Bonchev–Trinajstić information content (AvgIpc) is 2.83. The molecule has 0 aliphatic rings. The predicted molar refractivity (Wildman–Crippen MR) is 88.2 cm³/mol. The molecule has 1 amide bonds. The Morgan fingerprint density at radius 3 is 2.60 bits per heavy atom. The molecule has 0 radical (unpaired) electrons. The molecule has 9 heteroatoms. The summed E-state index contributed by atoms with van der Waals surface area (Å²) < 4.78 is 1.37. The summed E-state index contributed by atoms with van der Waals surface area (Å²) in [6.45, 7) is 0. The molecule has 2 aromatic carbocycles. The van der Waals surface area contributed by atoms with E-state index in [0.717, 1.165) is 0 Å². The van der Waals surface area contributed by atoms with E-state index in [1.807, 2.05) is 0 Å². The quantitative estimate of drug-likeness (QED) is 0.428. The van der Waals surface area contributed by atoms with Crippen LogP contribution in [0.3, 0.4) is 0 Å². The van der Waals surface area contributed by atoms with Crippen LogP contribution in [0.25, 0.3) is 10.9 Å². The van der Waals surface area contributed by atoms with Crippen molar-refractivity contribution in [2.24, 2.45) is 17.3 Å². The third kappa shape index (κ3) is 2.78. The van der Waals surface area contributed by atoms with Crippen molar-refractivity contribution in [3.63, 3.8) is 0 Å². The number of azo groups is 1. The number of aryl methyl sites for hydroxylation is 1. The Labute approximate surface area is 140 Å². The smallest absolute Gasteiger partial charge is 0.299 e.